The van der Waals surface area contributed by atoms with Crippen LogP contribution in [0.15, 0.2) is 35.4 Å². The normalized spacial score (nSPS) is 10.2. The Morgan fingerprint density at radius 2 is 2.06 bits per heavy atom. The van der Waals surface area contributed by atoms with E-state index in [-0.39, 0.29) is 17.5 Å². The Labute approximate surface area is 107 Å². The monoisotopic (exact) mass is 270 g/mol. The molecule has 6 heteroatoms. The molecule has 1 N–H and O–H groups in total. The van der Waals surface area contributed by atoms with Crippen molar-refractivity contribution in [3.63, 3.8) is 0 Å². The summed E-state index contributed by atoms with van der Waals surface area (Å²) in [6, 6.07) is 7.25. The number of benzene rings is 1. The van der Waals surface area contributed by atoms with Gasteiger partial charge in [-0.25, -0.2) is 4.98 Å². The van der Waals surface area contributed by atoms with Crippen LogP contribution in [0, 0.1) is 0 Å². The molecule has 1 aromatic heterocycles. The predicted molar refractivity (Wildman–Crippen MR) is 65.7 cm³/mol. The van der Waals surface area contributed by atoms with Gasteiger partial charge < -0.3 is 9.72 Å². The standard InChI is InChI=1S/C11H8Cl2N2O2/c12-8-4-2-1-3-7(8)5-17-11-9(13)10(16)14-6-15-11/h1-4,6H,5H2,(H,14,15,16). The van der Waals surface area contributed by atoms with Crippen molar-refractivity contribution in [3.05, 3.63) is 56.6 Å². The summed E-state index contributed by atoms with van der Waals surface area (Å²) in [7, 11) is 0. The maximum absolute atomic E-state index is 11.2. The number of hydrogen-bond acceptors (Lipinski definition) is 3. The minimum absolute atomic E-state index is 0.0699. The molecule has 0 unspecified atom stereocenters. The van der Waals surface area contributed by atoms with Crippen LogP contribution in [-0.4, -0.2) is 9.97 Å². The lowest BCUT2D eigenvalue weighted by Gasteiger charge is -2.07. The highest BCUT2D eigenvalue weighted by Crippen LogP contribution is 2.20. The summed E-state index contributed by atoms with van der Waals surface area (Å²) in [6.07, 6.45) is 1.23. The van der Waals surface area contributed by atoms with Gasteiger partial charge in [-0.05, 0) is 6.07 Å². The SMILES string of the molecule is O=c1[nH]cnc(OCc2ccccc2Cl)c1Cl. The molecule has 0 amide bonds. The Morgan fingerprint density at radius 3 is 2.82 bits per heavy atom. The van der Waals surface area contributed by atoms with Gasteiger partial charge in [0.15, 0.2) is 5.02 Å². The number of nitrogens with one attached hydrogen (secondary N) is 1. The second-order valence-corrected chi connectivity index (χ2v) is 4.02. The van der Waals surface area contributed by atoms with Crippen LogP contribution in [0.25, 0.3) is 0 Å². The van der Waals surface area contributed by atoms with Crippen molar-refractivity contribution in [2.75, 3.05) is 0 Å². The van der Waals surface area contributed by atoms with E-state index in [0.717, 1.165) is 5.56 Å². The first kappa shape index (κ1) is 12.0. The fourth-order valence-electron chi connectivity index (χ4n) is 1.23. The van der Waals surface area contributed by atoms with Crippen LogP contribution in [0.3, 0.4) is 0 Å². The molecule has 0 fully saturated rings. The summed E-state index contributed by atoms with van der Waals surface area (Å²) in [5.74, 6) is 0.0929. The van der Waals surface area contributed by atoms with Gasteiger partial charge in [-0.3, -0.25) is 4.79 Å². The number of aromatic amines is 1. The topological polar surface area (TPSA) is 55.0 Å². The highest BCUT2D eigenvalue weighted by Gasteiger charge is 2.08. The van der Waals surface area contributed by atoms with Crippen molar-refractivity contribution in [2.45, 2.75) is 6.61 Å². The van der Waals surface area contributed by atoms with Crippen LogP contribution in [0.1, 0.15) is 5.56 Å². The molecule has 0 aliphatic rings. The molecule has 2 rings (SSSR count). The van der Waals surface area contributed by atoms with E-state index in [2.05, 4.69) is 9.97 Å². The molecule has 0 spiro atoms. The average molecular weight is 271 g/mol. The van der Waals surface area contributed by atoms with E-state index >= 15 is 0 Å². The largest absolute Gasteiger partial charge is 0.472 e. The highest BCUT2D eigenvalue weighted by molar-refractivity contribution is 6.31. The van der Waals surface area contributed by atoms with Crippen molar-refractivity contribution >= 4 is 23.2 Å². The Balaban J connectivity index is 2.16. The van der Waals surface area contributed by atoms with E-state index in [1.165, 1.54) is 6.33 Å². The molecule has 2 aromatic rings. The maximum Gasteiger partial charge on any atom is 0.273 e. The third-order valence-electron chi connectivity index (χ3n) is 2.09. The molecule has 0 saturated heterocycles. The molecule has 1 heterocycles. The number of rotatable bonds is 3. The summed E-state index contributed by atoms with van der Waals surface area (Å²) in [4.78, 5) is 17.4. The Bertz CT molecular complexity index is 584. The average Bonchev–Trinajstić information content (AvgIpc) is 2.33. The number of hydrogen-bond donors (Lipinski definition) is 1. The van der Waals surface area contributed by atoms with Crippen LogP contribution >= 0.6 is 23.2 Å². The van der Waals surface area contributed by atoms with Gasteiger partial charge >= 0.3 is 0 Å². The molecule has 0 aliphatic carbocycles. The summed E-state index contributed by atoms with van der Waals surface area (Å²) in [5.41, 5.74) is 0.364. The zero-order chi connectivity index (χ0) is 12.3. The van der Waals surface area contributed by atoms with Crippen molar-refractivity contribution in [1.82, 2.24) is 9.97 Å². The minimum atomic E-state index is -0.434. The van der Waals surface area contributed by atoms with Crippen LogP contribution in [0.2, 0.25) is 10.0 Å². The van der Waals surface area contributed by atoms with Gasteiger partial charge in [-0.1, -0.05) is 41.4 Å². The summed E-state index contributed by atoms with van der Waals surface area (Å²) in [5, 5.41) is 0.521. The first-order valence-corrected chi connectivity index (χ1v) is 5.53. The van der Waals surface area contributed by atoms with Gasteiger partial charge in [-0.15, -0.1) is 0 Å². The van der Waals surface area contributed by atoms with Crippen LogP contribution in [0.4, 0.5) is 0 Å². The quantitative estimate of drug-likeness (QED) is 0.933. The lowest BCUT2D eigenvalue weighted by Crippen LogP contribution is -2.09. The number of nitrogens with zero attached hydrogens (tertiary/aromatic N) is 1. The fraction of sp³-hybridized carbons (Fsp3) is 0.0909. The molecule has 88 valence electrons. The van der Waals surface area contributed by atoms with Crippen LogP contribution in [0.5, 0.6) is 5.88 Å². The molecule has 17 heavy (non-hydrogen) atoms. The molecule has 4 nitrogen and oxygen atoms in total. The molecule has 1 aromatic carbocycles. The van der Waals surface area contributed by atoms with Gasteiger partial charge in [0.1, 0.15) is 6.61 Å². The Hall–Kier alpha value is -1.52. The zero-order valence-corrected chi connectivity index (χ0v) is 10.1. The highest BCUT2D eigenvalue weighted by atomic mass is 35.5. The fourth-order valence-corrected chi connectivity index (χ4v) is 1.58. The minimum Gasteiger partial charge on any atom is -0.472 e. The van der Waals surface area contributed by atoms with Gasteiger partial charge in [0.05, 0.1) is 6.33 Å². The van der Waals surface area contributed by atoms with E-state index in [4.69, 9.17) is 27.9 Å². The van der Waals surface area contributed by atoms with Crippen LogP contribution in [-0.2, 0) is 6.61 Å². The summed E-state index contributed by atoms with van der Waals surface area (Å²) >= 11 is 11.7. The van der Waals surface area contributed by atoms with Crippen molar-refractivity contribution in [2.24, 2.45) is 0 Å². The number of ether oxygens (including phenoxy) is 1. The lowest BCUT2D eigenvalue weighted by molar-refractivity contribution is 0.293. The summed E-state index contributed by atoms with van der Waals surface area (Å²) < 4.78 is 5.34. The third-order valence-corrected chi connectivity index (χ3v) is 2.79. The number of aromatic nitrogens is 2. The van der Waals surface area contributed by atoms with E-state index in [1.54, 1.807) is 6.07 Å². The van der Waals surface area contributed by atoms with E-state index < -0.39 is 5.56 Å². The maximum atomic E-state index is 11.2. The number of H-pyrrole nitrogens is 1. The predicted octanol–water partition coefficient (Wildman–Crippen LogP) is 2.66. The molecular weight excluding hydrogens is 263 g/mol. The summed E-state index contributed by atoms with van der Waals surface area (Å²) in [6.45, 7) is 0.204. The Morgan fingerprint density at radius 1 is 1.29 bits per heavy atom. The van der Waals surface area contributed by atoms with Crippen molar-refractivity contribution in [1.29, 1.82) is 0 Å². The smallest absolute Gasteiger partial charge is 0.273 e. The van der Waals surface area contributed by atoms with Crippen LogP contribution < -0.4 is 10.3 Å². The van der Waals surface area contributed by atoms with E-state index in [0.29, 0.717) is 5.02 Å². The molecule has 0 atom stereocenters. The lowest BCUT2D eigenvalue weighted by atomic mass is 10.2. The molecular formula is C11H8Cl2N2O2. The van der Waals surface area contributed by atoms with Gasteiger partial charge in [0.25, 0.3) is 5.56 Å². The molecule has 0 saturated carbocycles. The molecule has 0 aliphatic heterocycles. The van der Waals surface area contributed by atoms with E-state index in [1.807, 2.05) is 18.2 Å². The number of halogens is 2. The second kappa shape index (κ2) is 5.21. The van der Waals surface area contributed by atoms with Crippen molar-refractivity contribution < 1.29 is 4.74 Å². The molecule has 0 bridgehead atoms. The van der Waals surface area contributed by atoms with Gasteiger partial charge in [-0.2, -0.15) is 0 Å². The van der Waals surface area contributed by atoms with Crippen molar-refractivity contribution in [3.8, 4) is 5.88 Å². The zero-order valence-electron chi connectivity index (χ0n) is 8.61. The van der Waals surface area contributed by atoms with Gasteiger partial charge in [0.2, 0.25) is 5.88 Å². The third kappa shape index (κ3) is 2.78. The first-order valence-electron chi connectivity index (χ1n) is 4.78. The second-order valence-electron chi connectivity index (χ2n) is 3.23. The van der Waals surface area contributed by atoms with Gasteiger partial charge in [0, 0.05) is 10.6 Å². The molecule has 0 radical (unpaired) electrons. The first-order chi connectivity index (χ1) is 8.18. The Kier molecular flexibility index (Phi) is 3.66. The van der Waals surface area contributed by atoms with E-state index in [9.17, 15) is 4.79 Å².